The first kappa shape index (κ1) is 23.0. The highest BCUT2D eigenvalue weighted by atomic mass is 32.2. The smallest absolute Gasteiger partial charge is 0.242 e. The van der Waals surface area contributed by atoms with E-state index < -0.39 is 5.25 Å². The summed E-state index contributed by atoms with van der Waals surface area (Å²) in [6, 6.07) is 13.4. The zero-order chi connectivity index (χ0) is 22.4. The molecule has 8 heteroatoms. The summed E-state index contributed by atoms with van der Waals surface area (Å²) in [5.41, 5.74) is 2.45. The topological polar surface area (TPSA) is 71.0 Å². The quantitative estimate of drug-likeness (QED) is 0.650. The van der Waals surface area contributed by atoms with Crippen molar-refractivity contribution in [3.05, 3.63) is 59.9 Å². The maximum absolute atomic E-state index is 13.0. The van der Waals surface area contributed by atoms with Crippen molar-refractivity contribution in [1.29, 1.82) is 0 Å². The number of hydrogen-bond donors (Lipinski definition) is 1. The number of methoxy groups -OCH3 is 1. The van der Waals surface area contributed by atoms with Gasteiger partial charge in [0.15, 0.2) is 5.17 Å². The van der Waals surface area contributed by atoms with Crippen molar-refractivity contribution in [2.24, 2.45) is 4.99 Å². The van der Waals surface area contributed by atoms with E-state index in [0.29, 0.717) is 29.9 Å². The summed E-state index contributed by atoms with van der Waals surface area (Å²) < 4.78 is 18.2. The molecule has 0 spiro atoms. The summed E-state index contributed by atoms with van der Waals surface area (Å²) in [7, 11) is 1.57. The van der Waals surface area contributed by atoms with Gasteiger partial charge in [0.2, 0.25) is 11.8 Å². The van der Waals surface area contributed by atoms with Gasteiger partial charge in [-0.25, -0.2) is 9.38 Å². The van der Waals surface area contributed by atoms with Crippen molar-refractivity contribution < 1.29 is 18.7 Å². The van der Waals surface area contributed by atoms with Crippen LogP contribution in [-0.4, -0.2) is 47.4 Å². The molecular weight excluding hydrogens is 417 g/mol. The maximum Gasteiger partial charge on any atom is 0.242 e. The van der Waals surface area contributed by atoms with Crippen molar-refractivity contribution in [1.82, 2.24) is 4.90 Å². The van der Waals surface area contributed by atoms with Gasteiger partial charge in [-0.05, 0) is 47.9 Å². The molecule has 2 aromatic carbocycles. The second-order valence-electron chi connectivity index (χ2n) is 7.49. The fraction of sp³-hybridized carbons (Fsp3) is 0.348. The second kappa shape index (κ2) is 10.5. The Kier molecular flexibility index (Phi) is 7.81. The minimum Gasteiger partial charge on any atom is -0.383 e. The lowest BCUT2D eigenvalue weighted by molar-refractivity contribution is -0.128. The highest BCUT2D eigenvalue weighted by molar-refractivity contribution is 8.15. The third kappa shape index (κ3) is 6.15. The standard InChI is InChI=1S/C23H26FN3O3S/c1-15(2)16-4-8-19(9-5-16)26-23-27(12-13-30-3)22(29)20(31-23)14-21(28)25-18-10-6-17(24)7-11-18/h4-11,15,20H,12-14H2,1-3H3,(H,25,28). The van der Waals surface area contributed by atoms with Gasteiger partial charge in [0.05, 0.1) is 18.8 Å². The molecule has 6 nitrogen and oxygen atoms in total. The number of hydrogen-bond acceptors (Lipinski definition) is 5. The summed E-state index contributed by atoms with van der Waals surface area (Å²) in [5, 5.41) is 2.68. The molecule has 1 unspecified atom stereocenters. The molecule has 0 radical (unpaired) electrons. The molecule has 3 rings (SSSR count). The number of amides is 2. The number of rotatable bonds is 8. The molecule has 1 saturated heterocycles. The Hall–Kier alpha value is -2.71. The Morgan fingerprint density at radius 1 is 1.19 bits per heavy atom. The molecule has 0 bridgehead atoms. The van der Waals surface area contributed by atoms with E-state index in [0.717, 1.165) is 5.69 Å². The fourth-order valence-corrected chi connectivity index (χ4v) is 4.26. The molecule has 164 valence electrons. The summed E-state index contributed by atoms with van der Waals surface area (Å²) in [6.07, 6.45) is -0.00430. The van der Waals surface area contributed by atoms with Crippen LogP contribution in [0.4, 0.5) is 15.8 Å². The Morgan fingerprint density at radius 3 is 2.48 bits per heavy atom. The molecule has 1 aliphatic rings. The monoisotopic (exact) mass is 443 g/mol. The van der Waals surface area contributed by atoms with E-state index >= 15 is 0 Å². The van der Waals surface area contributed by atoms with Crippen LogP contribution in [0.15, 0.2) is 53.5 Å². The first-order valence-corrected chi connectivity index (χ1v) is 11.0. The summed E-state index contributed by atoms with van der Waals surface area (Å²) in [5.74, 6) is -0.442. The van der Waals surface area contributed by atoms with Crippen LogP contribution in [0.5, 0.6) is 0 Å². The van der Waals surface area contributed by atoms with Crippen LogP contribution in [0.25, 0.3) is 0 Å². The highest BCUT2D eigenvalue weighted by Gasteiger charge is 2.39. The Morgan fingerprint density at radius 2 is 1.87 bits per heavy atom. The van der Waals surface area contributed by atoms with Crippen LogP contribution in [-0.2, 0) is 14.3 Å². The number of carbonyl (C=O) groups excluding carboxylic acids is 2. The van der Waals surface area contributed by atoms with Gasteiger partial charge in [0.1, 0.15) is 11.1 Å². The molecule has 2 amide bonds. The molecule has 0 aliphatic carbocycles. The second-order valence-corrected chi connectivity index (χ2v) is 8.66. The Labute approximate surface area is 185 Å². The highest BCUT2D eigenvalue weighted by Crippen LogP contribution is 2.32. The maximum atomic E-state index is 13.0. The average Bonchev–Trinajstić information content (AvgIpc) is 3.02. The zero-order valence-corrected chi connectivity index (χ0v) is 18.6. The largest absolute Gasteiger partial charge is 0.383 e. The van der Waals surface area contributed by atoms with Crippen LogP contribution in [0.3, 0.4) is 0 Å². The Bertz CT molecular complexity index is 946. The predicted molar refractivity (Wildman–Crippen MR) is 122 cm³/mol. The molecule has 0 aromatic heterocycles. The zero-order valence-electron chi connectivity index (χ0n) is 17.8. The predicted octanol–water partition coefficient (Wildman–Crippen LogP) is 4.56. The van der Waals surface area contributed by atoms with E-state index in [1.54, 1.807) is 12.0 Å². The number of carbonyl (C=O) groups is 2. The molecule has 1 heterocycles. The van der Waals surface area contributed by atoms with Gasteiger partial charge in [0.25, 0.3) is 0 Å². The van der Waals surface area contributed by atoms with Crippen LogP contribution in [0.1, 0.15) is 31.7 Å². The molecule has 31 heavy (non-hydrogen) atoms. The summed E-state index contributed by atoms with van der Waals surface area (Å²) in [6.45, 7) is 4.98. The third-order valence-corrected chi connectivity index (χ3v) is 6.00. The van der Waals surface area contributed by atoms with Gasteiger partial charge in [-0.1, -0.05) is 37.7 Å². The van der Waals surface area contributed by atoms with E-state index in [1.165, 1.54) is 41.6 Å². The lowest BCUT2D eigenvalue weighted by Gasteiger charge is -2.16. The van der Waals surface area contributed by atoms with Gasteiger partial charge in [-0.3, -0.25) is 14.5 Å². The van der Waals surface area contributed by atoms with Crippen molar-refractivity contribution >= 4 is 40.1 Å². The van der Waals surface area contributed by atoms with Gasteiger partial charge >= 0.3 is 0 Å². The van der Waals surface area contributed by atoms with Gasteiger partial charge < -0.3 is 10.1 Å². The number of amidine groups is 1. The average molecular weight is 444 g/mol. The number of ether oxygens (including phenoxy) is 1. The van der Waals surface area contributed by atoms with E-state index in [1.807, 2.05) is 24.3 Å². The molecular formula is C23H26FN3O3S. The molecule has 2 aromatic rings. The summed E-state index contributed by atoms with van der Waals surface area (Å²) >= 11 is 1.27. The number of thioether (sulfide) groups is 1. The molecule has 1 aliphatic heterocycles. The molecule has 1 fully saturated rings. The Balaban J connectivity index is 1.72. The molecule has 1 atom stereocenters. The number of benzene rings is 2. The fourth-order valence-electron chi connectivity index (χ4n) is 3.07. The lowest BCUT2D eigenvalue weighted by atomic mass is 10.0. The normalized spacial score (nSPS) is 17.6. The first-order valence-electron chi connectivity index (χ1n) is 10.1. The van der Waals surface area contributed by atoms with Crippen LogP contribution in [0.2, 0.25) is 0 Å². The first-order chi connectivity index (χ1) is 14.9. The SMILES string of the molecule is COCCN1C(=O)C(CC(=O)Nc2ccc(F)cc2)SC1=Nc1ccc(C(C)C)cc1. The van der Waals surface area contributed by atoms with Gasteiger partial charge in [0, 0.05) is 19.2 Å². The number of nitrogens with zero attached hydrogens (tertiary/aromatic N) is 2. The van der Waals surface area contributed by atoms with E-state index in [9.17, 15) is 14.0 Å². The number of halogens is 1. The molecule has 0 saturated carbocycles. The number of anilines is 1. The lowest BCUT2D eigenvalue weighted by Crippen LogP contribution is -2.35. The minimum atomic E-state index is -0.578. The third-order valence-electron chi connectivity index (χ3n) is 4.82. The van der Waals surface area contributed by atoms with Crippen LogP contribution < -0.4 is 5.32 Å². The molecule has 1 N–H and O–H groups in total. The van der Waals surface area contributed by atoms with E-state index in [2.05, 4.69) is 24.2 Å². The number of aliphatic imine (C=N–C) groups is 1. The van der Waals surface area contributed by atoms with E-state index in [-0.39, 0.29) is 24.1 Å². The van der Waals surface area contributed by atoms with Crippen molar-refractivity contribution in [2.75, 3.05) is 25.6 Å². The van der Waals surface area contributed by atoms with Crippen molar-refractivity contribution in [3.8, 4) is 0 Å². The van der Waals surface area contributed by atoms with E-state index in [4.69, 9.17) is 4.74 Å². The van der Waals surface area contributed by atoms with Crippen LogP contribution in [0, 0.1) is 5.82 Å². The van der Waals surface area contributed by atoms with Crippen molar-refractivity contribution in [2.45, 2.75) is 31.4 Å². The van der Waals surface area contributed by atoms with Crippen molar-refractivity contribution in [3.63, 3.8) is 0 Å². The van der Waals surface area contributed by atoms with Gasteiger partial charge in [-0.15, -0.1) is 0 Å². The minimum absolute atomic E-state index is 0.00430. The number of nitrogens with one attached hydrogen (secondary N) is 1. The van der Waals surface area contributed by atoms with Crippen LogP contribution >= 0.6 is 11.8 Å². The van der Waals surface area contributed by atoms with Gasteiger partial charge in [-0.2, -0.15) is 0 Å². The summed E-state index contributed by atoms with van der Waals surface area (Å²) in [4.78, 5) is 31.6.